The second-order valence-electron chi connectivity index (χ2n) is 8.49. The van der Waals surface area contributed by atoms with E-state index in [-0.39, 0.29) is 29.5 Å². The Kier molecular flexibility index (Phi) is 7.73. The van der Waals surface area contributed by atoms with Gasteiger partial charge in [-0.25, -0.2) is 8.78 Å². The van der Waals surface area contributed by atoms with Gasteiger partial charge >= 0.3 is 5.97 Å². The fourth-order valence-electron chi connectivity index (χ4n) is 4.45. The molecule has 3 aromatic rings. The summed E-state index contributed by atoms with van der Waals surface area (Å²) in [6.07, 6.45) is 2.00. The lowest BCUT2D eigenvalue weighted by Crippen LogP contribution is -2.44. The van der Waals surface area contributed by atoms with Crippen molar-refractivity contribution < 1.29 is 28.2 Å². The summed E-state index contributed by atoms with van der Waals surface area (Å²) in [6.45, 7) is 1.33. The fourth-order valence-corrected chi connectivity index (χ4v) is 5.07. The number of piperidine rings is 1. The number of hydrogen-bond donors (Lipinski definition) is 1. The van der Waals surface area contributed by atoms with Crippen LogP contribution < -0.4 is 4.74 Å². The highest BCUT2D eigenvalue weighted by molar-refractivity contribution is 7.10. The van der Waals surface area contributed by atoms with Gasteiger partial charge in [-0.15, -0.1) is 11.3 Å². The Hall–Kier alpha value is -3.35. The number of carbonyl (C=O) groups is 2. The topological polar surface area (TPSA) is 79.7 Å². The van der Waals surface area contributed by atoms with Gasteiger partial charge in [0.05, 0.1) is 41.7 Å². The third-order valence-electron chi connectivity index (χ3n) is 6.29. The molecule has 0 saturated carbocycles. The number of likely N-dealkylation sites (tertiary alicyclic amines) is 1. The number of ether oxygens (including phenoxy) is 1. The molecule has 1 aliphatic rings. The predicted molar refractivity (Wildman–Crippen MR) is 129 cm³/mol. The summed E-state index contributed by atoms with van der Waals surface area (Å²) in [5.41, 5.74) is 0.442. The Labute approximate surface area is 205 Å². The molecule has 9 heteroatoms. The zero-order chi connectivity index (χ0) is 24.9. The van der Waals surface area contributed by atoms with E-state index < -0.39 is 17.7 Å². The van der Waals surface area contributed by atoms with Crippen LogP contribution in [0.3, 0.4) is 0 Å². The number of thiophene rings is 1. The number of carboxylic acid groups (broad SMARTS) is 1. The number of rotatable bonds is 7. The van der Waals surface area contributed by atoms with Crippen molar-refractivity contribution in [3.8, 4) is 17.6 Å². The van der Waals surface area contributed by atoms with Gasteiger partial charge in [0.25, 0.3) is 0 Å². The number of carboxylic acids is 1. The van der Waals surface area contributed by atoms with Gasteiger partial charge in [-0.2, -0.15) is 0 Å². The van der Waals surface area contributed by atoms with Crippen LogP contribution in [-0.2, 0) is 4.79 Å². The Bertz CT molecular complexity index is 1310. The number of fused-ring (bicyclic) bond motifs is 1. The van der Waals surface area contributed by atoms with Crippen molar-refractivity contribution in [1.82, 2.24) is 9.88 Å². The number of pyridine rings is 1. The molecule has 1 saturated heterocycles. The minimum Gasteiger partial charge on any atom is -0.497 e. The van der Waals surface area contributed by atoms with Gasteiger partial charge in [0.15, 0.2) is 11.6 Å². The number of benzene rings is 1. The maximum Gasteiger partial charge on any atom is 0.308 e. The Balaban J connectivity index is 1.41. The zero-order valence-corrected chi connectivity index (χ0v) is 19.9. The number of Topliss-reactive ketones (excluding diaryl/α,β-unsaturated/α-hetero) is 1. The van der Waals surface area contributed by atoms with E-state index in [0.717, 1.165) is 6.20 Å². The second-order valence-corrected chi connectivity index (χ2v) is 9.40. The molecule has 0 aliphatic carbocycles. The van der Waals surface area contributed by atoms with Crippen molar-refractivity contribution in [2.45, 2.75) is 19.3 Å². The van der Waals surface area contributed by atoms with E-state index in [4.69, 9.17) is 4.74 Å². The van der Waals surface area contributed by atoms with Gasteiger partial charge in [0.2, 0.25) is 0 Å². The molecule has 1 aromatic carbocycles. The van der Waals surface area contributed by atoms with Crippen LogP contribution in [0, 0.1) is 35.3 Å². The largest absolute Gasteiger partial charge is 0.497 e. The summed E-state index contributed by atoms with van der Waals surface area (Å²) in [4.78, 5) is 31.6. The first-order chi connectivity index (χ1) is 16.9. The average molecular weight is 499 g/mol. The van der Waals surface area contributed by atoms with E-state index in [9.17, 15) is 23.5 Å². The van der Waals surface area contributed by atoms with Crippen LogP contribution in [0.4, 0.5) is 8.78 Å². The van der Waals surface area contributed by atoms with Gasteiger partial charge in [-0.1, -0.05) is 11.8 Å². The van der Waals surface area contributed by atoms with E-state index in [0.29, 0.717) is 54.0 Å². The van der Waals surface area contributed by atoms with Gasteiger partial charge in [0, 0.05) is 29.8 Å². The van der Waals surface area contributed by atoms with Gasteiger partial charge in [-0.05, 0) is 43.5 Å². The number of hydrogen-bond acceptors (Lipinski definition) is 6. The number of nitrogens with zero attached hydrogens (tertiary/aromatic N) is 2. The van der Waals surface area contributed by atoms with Crippen molar-refractivity contribution in [1.29, 1.82) is 0 Å². The first-order valence-electron chi connectivity index (χ1n) is 11.2. The van der Waals surface area contributed by atoms with Crippen LogP contribution in [0.15, 0.2) is 35.8 Å². The fraction of sp³-hybridized carbons (Fsp3) is 0.346. The van der Waals surface area contributed by atoms with Crippen LogP contribution in [0.25, 0.3) is 10.9 Å². The lowest BCUT2D eigenvalue weighted by Gasteiger charge is -2.35. The molecule has 4 rings (SSSR count). The molecule has 35 heavy (non-hydrogen) atoms. The van der Waals surface area contributed by atoms with Crippen LogP contribution >= 0.6 is 11.3 Å². The summed E-state index contributed by atoms with van der Waals surface area (Å²) >= 11 is 1.22. The SMILES string of the molecule is COc1ccc2ncc(F)c(C(=O)CC[C@H]3CCN(CC#Cc4cc(F)cs4)C[C@H]3C(=O)O)c2c1. The van der Waals surface area contributed by atoms with Crippen LogP contribution in [0.2, 0.25) is 0 Å². The van der Waals surface area contributed by atoms with Crippen molar-refractivity contribution in [3.63, 3.8) is 0 Å². The summed E-state index contributed by atoms with van der Waals surface area (Å²) in [5.74, 6) is 3.17. The third-order valence-corrected chi connectivity index (χ3v) is 7.11. The highest BCUT2D eigenvalue weighted by Gasteiger charge is 2.34. The number of ketones is 1. The van der Waals surface area contributed by atoms with Crippen molar-refractivity contribution in [2.24, 2.45) is 11.8 Å². The van der Waals surface area contributed by atoms with E-state index in [2.05, 4.69) is 16.8 Å². The van der Waals surface area contributed by atoms with Crippen molar-refractivity contribution in [2.75, 3.05) is 26.7 Å². The maximum atomic E-state index is 14.6. The minimum absolute atomic E-state index is 0.0332. The molecular weight excluding hydrogens is 474 g/mol. The van der Waals surface area contributed by atoms with E-state index >= 15 is 0 Å². The molecule has 182 valence electrons. The van der Waals surface area contributed by atoms with Crippen LogP contribution in [0.1, 0.15) is 34.5 Å². The molecule has 3 heterocycles. The zero-order valence-electron chi connectivity index (χ0n) is 19.1. The molecule has 6 nitrogen and oxygen atoms in total. The minimum atomic E-state index is -0.925. The number of methoxy groups -OCH3 is 1. The number of carbonyl (C=O) groups excluding carboxylic acids is 1. The molecular formula is C26H24F2N2O4S. The predicted octanol–water partition coefficient (Wildman–Crippen LogP) is 4.62. The van der Waals surface area contributed by atoms with Gasteiger partial charge in [0.1, 0.15) is 11.6 Å². The smallest absolute Gasteiger partial charge is 0.308 e. The summed E-state index contributed by atoms with van der Waals surface area (Å²) in [7, 11) is 1.49. The number of halogens is 2. The number of aromatic nitrogens is 1. The molecule has 1 fully saturated rings. The molecule has 2 aromatic heterocycles. The normalized spacial score (nSPS) is 18.1. The molecule has 0 spiro atoms. The monoisotopic (exact) mass is 498 g/mol. The van der Waals surface area contributed by atoms with Crippen molar-refractivity contribution in [3.05, 3.63) is 57.9 Å². The van der Waals surface area contributed by atoms with Crippen molar-refractivity contribution >= 4 is 34.0 Å². The molecule has 0 unspecified atom stereocenters. The van der Waals surface area contributed by atoms with Gasteiger partial charge in [-0.3, -0.25) is 19.5 Å². The molecule has 1 N–H and O–H groups in total. The highest BCUT2D eigenvalue weighted by atomic mass is 32.1. The maximum absolute atomic E-state index is 14.6. The highest BCUT2D eigenvalue weighted by Crippen LogP contribution is 2.31. The number of aliphatic carboxylic acids is 1. The van der Waals surface area contributed by atoms with Gasteiger partial charge < -0.3 is 9.84 Å². The van der Waals surface area contributed by atoms with E-state index in [1.807, 2.05) is 4.90 Å². The summed E-state index contributed by atoms with van der Waals surface area (Å²) < 4.78 is 32.9. The Morgan fingerprint density at radius 2 is 2.14 bits per heavy atom. The van der Waals surface area contributed by atoms with E-state index in [1.54, 1.807) is 18.2 Å². The lowest BCUT2D eigenvalue weighted by molar-refractivity contribution is -0.146. The summed E-state index contributed by atoms with van der Waals surface area (Å²) in [6, 6.07) is 6.31. The summed E-state index contributed by atoms with van der Waals surface area (Å²) in [5, 5.41) is 11.5. The lowest BCUT2D eigenvalue weighted by atomic mass is 9.81. The third kappa shape index (κ3) is 5.84. The molecule has 2 atom stereocenters. The Morgan fingerprint density at radius 1 is 1.31 bits per heavy atom. The average Bonchev–Trinajstić information content (AvgIpc) is 3.27. The molecule has 0 radical (unpaired) electrons. The molecule has 1 aliphatic heterocycles. The standard InChI is InChI=1S/C26H24F2N2O4S/c1-34-18-5-6-23-20(12-18)25(22(28)13-29-23)24(31)7-4-16-8-10-30(14-21(16)26(32)33)9-2-3-19-11-17(27)15-35-19/h5-6,11-13,15-16,21H,4,7-10,14H2,1H3,(H,32,33)/t16-,21+/m0/s1. The molecule has 0 bridgehead atoms. The van der Waals surface area contributed by atoms with Crippen LogP contribution in [0.5, 0.6) is 5.75 Å². The first kappa shape index (κ1) is 24.8. The second kappa shape index (κ2) is 10.9. The van der Waals surface area contributed by atoms with E-state index in [1.165, 1.54) is 29.9 Å². The first-order valence-corrected chi connectivity index (χ1v) is 12.1. The quantitative estimate of drug-likeness (QED) is 0.378. The molecule has 0 amide bonds. The Morgan fingerprint density at radius 3 is 2.86 bits per heavy atom. The van der Waals surface area contributed by atoms with Crippen LogP contribution in [-0.4, -0.2) is 53.5 Å².